The number of fused-ring (bicyclic) bond motifs is 1. The van der Waals surface area contributed by atoms with Crippen LogP contribution in [0.4, 0.5) is 0 Å². The fourth-order valence-corrected chi connectivity index (χ4v) is 5.04. The molecule has 1 atom stereocenters. The van der Waals surface area contributed by atoms with Crippen LogP contribution in [0.5, 0.6) is 0 Å². The SMILES string of the molecule is O=c1ccc2ccccc2n1CCCN1CCNCC1CC1CCCCC1. The van der Waals surface area contributed by atoms with Crippen molar-refractivity contribution in [1.82, 2.24) is 14.8 Å². The Labute approximate surface area is 162 Å². The Morgan fingerprint density at radius 1 is 1.00 bits per heavy atom. The summed E-state index contributed by atoms with van der Waals surface area (Å²) in [5, 5.41) is 4.75. The summed E-state index contributed by atoms with van der Waals surface area (Å²) >= 11 is 0. The molecule has 2 aromatic rings. The molecule has 1 saturated heterocycles. The minimum Gasteiger partial charge on any atom is -0.314 e. The topological polar surface area (TPSA) is 37.3 Å². The molecule has 4 rings (SSSR count). The molecule has 2 aliphatic rings. The second-order valence-electron chi connectivity index (χ2n) is 8.37. The molecule has 4 heteroatoms. The molecule has 2 fully saturated rings. The van der Waals surface area contributed by atoms with Crippen molar-refractivity contribution in [1.29, 1.82) is 0 Å². The number of hydrogen-bond donors (Lipinski definition) is 1. The highest BCUT2D eigenvalue weighted by atomic mass is 16.1. The number of benzene rings is 1. The van der Waals surface area contributed by atoms with Crippen molar-refractivity contribution in [3.63, 3.8) is 0 Å². The molecular weight excluding hydrogens is 334 g/mol. The fraction of sp³-hybridized carbons (Fsp3) is 0.609. The van der Waals surface area contributed by atoms with Crippen LogP contribution in [-0.4, -0.2) is 41.7 Å². The number of nitrogens with one attached hydrogen (secondary N) is 1. The van der Waals surface area contributed by atoms with Crippen molar-refractivity contribution in [3.8, 4) is 0 Å². The summed E-state index contributed by atoms with van der Waals surface area (Å²) in [6.07, 6.45) is 9.52. The van der Waals surface area contributed by atoms with Crippen LogP contribution in [0.1, 0.15) is 44.9 Å². The van der Waals surface area contributed by atoms with Gasteiger partial charge in [-0.2, -0.15) is 0 Å². The molecule has 0 radical (unpaired) electrons. The molecule has 0 bridgehead atoms. The maximum Gasteiger partial charge on any atom is 0.251 e. The fourth-order valence-electron chi connectivity index (χ4n) is 5.04. The summed E-state index contributed by atoms with van der Waals surface area (Å²) in [4.78, 5) is 15.1. The van der Waals surface area contributed by atoms with E-state index in [0.29, 0.717) is 6.04 Å². The molecule has 1 N–H and O–H groups in total. The second kappa shape index (κ2) is 9.03. The number of piperazine rings is 1. The summed E-state index contributed by atoms with van der Waals surface area (Å²) in [5.74, 6) is 0.923. The Balaban J connectivity index is 1.37. The number of hydrogen-bond acceptors (Lipinski definition) is 3. The Bertz CT molecular complexity index is 794. The highest BCUT2D eigenvalue weighted by Gasteiger charge is 2.25. The largest absolute Gasteiger partial charge is 0.314 e. The molecule has 4 nitrogen and oxygen atoms in total. The van der Waals surface area contributed by atoms with E-state index in [2.05, 4.69) is 22.3 Å². The van der Waals surface area contributed by atoms with Crippen molar-refractivity contribution in [2.75, 3.05) is 26.2 Å². The standard InChI is InChI=1S/C23H33N3O/c27-23-12-11-20-9-4-5-10-22(20)26(23)15-6-14-25-16-13-24-18-21(25)17-19-7-2-1-3-8-19/h4-5,9-12,19,21,24H,1-3,6-8,13-18H2. The van der Waals surface area contributed by atoms with E-state index in [1.54, 1.807) is 6.07 Å². The quantitative estimate of drug-likeness (QED) is 0.847. The lowest BCUT2D eigenvalue weighted by Gasteiger charge is -2.39. The molecule has 1 aliphatic heterocycles. The van der Waals surface area contributed by atoms with Crippen LogP contribution in [0.25, 0.3) is 10.9 Å². The highest BCUT2D eigenvalue weighted by Crippen LogP contribution is 2.29. The summed E-state index contributed by atoms with van der Waals surface area (Å²) in [6.45, 7) is 5.26. The van der Waals surface area contributed by atoms with E-state index in [4.69, 9.17) is 0 Å². The molecule has 1 aliphatic carbocycles. The van der Waals surface area contributed by atoms with Gasteiger partial charge in [-0.3, -0.25) is 9.69 Å². The van der Waals surface area contributed by atoms with E-state index in [-0.39, 0.29) is 5.56 Å². The first kappa shape index (κ1) is 18.7. The normalized spacial score (nSPS) is 22.3. The minimum absolute atomic E-state index is 0.118. The molecule has 1 saturated carbocycles. The third-order valence-electron chi connectivity index (χ3n) is 6.53. The lowest BCUT2D eigenvalue weighted by atomic mass is 9.84. The zero-order valence-corrected chi connectivity index (χ0v) is 16.4. The molecule has 1 unspecified atom stereocenters. The van der Waals surface area contributed by atoms with Crippen molar-refractivity contribution in [2.24, 2.45) is 5.92 Å². The predicted molar refractivity (Wildman–Crippen MR) is 112 cm³/mol. The first-order valence-corrected chi connectivity index (χ1v) is 10.8. The average Bonchev–Trinajstić information content (AvgIpc) is 2.72. The van der Waals surface area contributed by atoms with Crippen LogP contribution < -0.4 is 10.9 Å². The first-order valence-electron chi connectivity index (χ1n) is 10.8. The van der Waals surface area contributed by atoms with E-state index in [0.717, 1.165) is 56.0 Å². The summed E-state index contributed by atoms with van der Waals surface area (Å²) in [5.41, 5.74) is 1.18. The number of aryl methyl sites for hydroxylation is 1. The molecule has 0 spiro atoms. The van der Waals surface area contributed by atoms with Crippen molar-refractivity contribution in [2.45, 2.75) is 57.5 Å². The van der Waals surface area contributed by atoms with Crippen LogP contribution in [0.2, 0.25) is 0 Å². The van der Waals surface area contributed by atoms with E-state index < -0.39 is 0 Å². The molecular formula is C23H33N3O. The molecule has 1 aromatic heterocycles. The van der Waals surface area contributed by atoms with Gasteiger partial charge in [-0.15, -0.1) is 0 Å². The lowest BCUT2D eigenvalue weighted by Crippen LogP contribution is -2.52. The Kier molecular flexibility index (Phi) is 6.25. The zero-order valence-electron chi connectivity index (χ0n) is 16.4. The van der Waals surface area contributed by atoms with Crippen molar-refractivity contribution >= 4 is 10.9 Å². The predicted octanol–water partition coefficient (Wildman–Crippen LogP) is 3.64. The van der Waals surface area contributed by atoms with E-state index in [1.165, 1.54) is 38.5 Å². The summed E-state index contributed by atoms with van der Waals surface area (Å²) < 4.78 is 1.95. The number of aromatic nitrogens is 1. The summed E-state index contributed by atoms with van der Waals surface area (Å²) in [6, 6.07) is 12.5. The molecule has 27 heavy (non-hydrogen) atoms. The van der Waals surface area contributed by atoms with Crippen LogP contribution in [0, 0.1) is 5.92 Å². The van der Waals surface area contributed by atoms with Gasteiger partial charge in [0.05, 0.1) is 5.52 Å². The first-order chi connectivity index (χ1) is 13.3. The van der Waals surface area contributed by atoms with Crippen molar-refractivity contribution in [3.05, 3.63) is 46.8 Å². The Morgan fingerprint density at radius 2 is 1.85 bits per heavy atom. The van der Waals surface area contributed by atoms with Crippen LogP contribution in [0.3, 0.4) is 0 Å². The number of pyridine rings is 1. The smallest absolute Gasteiger partial charge is 0.251 e. The maximum absolute atomic E-state index is 12.4. The number of rotatable bonds is 6. The third kappa shape index (κ3) is 4.61. The monoisotopic (exact) mass is 367 g/mol. The zero-order chi connectivity index (χ0) is 18.5. The minimum atomic E-state index is 0.118. The van der Waals surface area contributed by atoms with Crippen molar-refractivity contribution < 1.29 is 0 Å². The third-order valence-corrected chi connectivity index (χ3v) is 6.53. The van der Waals surface area contributed by atoms with Crippen LogP contribution >= 0.6 is 0 Å². The van der Waals surface area contributed by atoms with Gasteiger partial charge in [-0.05, 0) is 36.3 Å². The number of nitrogens with zero attached hydrogens (tertiary/aromatic N) is 2. The molecule has 146 valence electrons. The van der Waals surface area contributed by atoms with E-state index in [9.17, 15) is 4.79 Å². The average molecular weight is 368 g/mol. The van der Waals surface area contributed by atoms with Gasteiger partial charge in [0.2, 0.25) is 0 Å². The lowest BCUT2D eigenvalue weighted by molar-refractivity contribution is 0.125. The van der Waals surface area contributed by atoms with E-state index >= 15 is 0 Å². The Morgan fingerprint density at radius 3 is 2.74 bits per heavy atom. The second-order valence-corrected chi connectivity index (χ2v) is 8.37. The molecule has 0 amide bonds. The van der Waals surface area contributed by atoms with Gasteiger partial charge in [-0.1, -0.05) is 50.3 Å². The van der Waals surface area contributed by atoms with Crippen LogP contribution in [-0.2, 0) is 6.54 Å². The summed E-state index contributed by atoms with van der Waals surface area (Å²) in [7, 11) is 0. The highest BCUT2D eigenvalue weighted by molar-refractivity contribution is 5.78. The Hall–Kier alpha value is -1.65. The van der Waals surface area contributed by atoms with Crippen LogP contribution in [0.15, 0.2) is 41.2 Å². The van der Waals surface area contributed by atoms with E-state index in [1.807, 2.05) is 22.8 Å². The van der Waals surface area contributed by atoms with Gasteiger partial charge in [0.1, 0.15) is 0 Å². The molecule has 1 aromatic carbocycles. The van der Waals surface area contributed by atoms with Gasteiger partial charge < -0.3 is 9.88 Å². The maximum atomic E-state index is 12.4. The number of para-hydroxylation sites is 1. The molecule has 2 heterocycles. The van der Waals surface area contributed by atoms with Gasteiger partial charge in [-0.25, -0.2) is 0 Å². The van der Waals surface area contributed by atoms with Gasteiger partial charge in [0, 0.05) is 44.8 Å². The van der Waals surface area contributed by atoms with Gasteiger partial charge >= 0.3 is 0 Å². The van der Waals surface area contributed by atoms with Gasteiger partial charge in [0.15, 0.2) is 0 Å². The van der Waals surface area contributed by atoms with Gasteiger partial charge in [0.25, 0.3) is 5.56 Å².